The van der Waals surface area contributed by atoms with Crippen molar-refractivity contribution in [2.24, 2.45) is 0 Å². The minimum absolute atomic E-state index is 0. The molecule has 2 aliphatic rings. The number of rotatable bonds is 5. The number of allylic oxidation sites excluding steroid dienone is 2. The molecule has 0 nitrogen and oxygen atoms in total. The van der Waals surface area contributed by atoms with Crippen molar-refractivity contribution in [3.63, 3.8) is 0 Å². The van der Waals surface area contributed by atoms with E-state index in [1.165, 1.54) is 32.9 Å². The van der Waals surface area contributed by atoms with Gasteiger partial charge in [-0.1, -0.05) is 0 Å². The molecule has 0 N–H and O–H groups in total. The molecule has 0 saturated carbocycles. The minimum atomic E-state index is -0.899. The van der Waals surface area contributed by atoms with Gasteiger partial charge in [0.25, 0.3) is 0 Å². The van der Waals surface area contributed by atoms with Gasteiger partial charge in [-0.25, -0.2) is 0 Å². The maximum absolute atomic E-state index is 2.55. The Balaban J connectivity index is 0.00000152. The summed E-state index contributed by atoms with van der Waals surface area (Å²) in [6, 6.07) is 36.2. The smallest absolute Gasteiger partial charge is 1.00 e. The molecule has 0 spiro atoms. The topological polar surface area (TPSA) is 0 Å². The molecule has 0 aromatic heterocycles. The van der Waals surface area contributed by atoms with Crippen molar-refractivity contribution in [2.75, 3.05) is 0 Å². The van der Waals surface area contributed by atoms with Crippen LogP contribution in [0.5, 0.6) is 0 Å². The third kappa shape index (κ3) is 4.77. The molecule has 0 saturated heterocycles. The Labute approximate surface area is 225 Å². The molecule has 178 valence electrons. The Morgan fingerprint density at radius 2 is 1.25 bits per heavy atom. The minimum Gasteiger partial charge on any atom is -1.00 e. The summed E-state index contributed by atoms with van der Waals surface area (Å²) in [6.45, 7) is 4.56. The molecule has 6 rings (SSSR count). The predicted molar refractivity (Wildman–Crippen MR) is 144 cm³/mol. The Hall–Kier alpha value is -2.47. The summed E-state index contributed by atoms with van der Waals surface area (Å²) < 4.78 is 1.22. The zero-order valence-corrected chi connectivity index (χ0v) is 23.7. The van der Waals surface area contributed by atoms with E-state index in [1.54, 1.807) is 16.4 Å². The van der Waals surface area contributed by atoms with Gasteiger partial charge in [-0.05, 0) is 0 Å². The van der Waals surface area contributed by atoms with Crippen molar-refractivity contribution < 1.29 is 32.6 Å². The Bertz CT molecular complexity index is 1370. The van der Waals surface area contributed by atoms with Gasteiger partial charge in [0.15, 0.2) is 0 Å². The van der Waals surface area contributed by atoms with Gasteiger partial charge in [-0.2, -0.15) is 0 Å². The molecule has 4 heteroatoms. The monoisotopic (exact) mass is 570 g/mol. The third-order valence-corrected chi connectivity index (χ3v) is 14.6. The Kier molecular flexibility index (Phi) is 8.34. The largest absolute Gasteiger partial charge is 1.00 e. The summed E-state index contributed by atoms with van der Waals surface area (Å²) in [6.07, 6.45) is 7.49. The van der Waals surface area contributed by atoms with Crippen LogP contribution in [0.2, 0.25) is 0 Å². The van der Waals surface area contributed by atoms with Crippen LogP contribution in [0, 0.1) is 13.8 Å². The van der Waals surface area contributed by atoms with E-state index in [9.17, 15) is 0 Å². The van der Waals surface area contributed by atoms with Gasteiger partial charge in [0, 0.05) is 0 Å². The molecule has 0 heterocycles. The number of hydrogen-bond acceptors (Lipinski definition) is 0. The second kappa shape index (κ2) is 11.3. The van der Waals surface area contributed by atoms with E-state index in [0.717, 1.165) is 0 Å². The van der Waals surface area contributed by atoms with Crippen molar-refractivity contribution in [3.8, 4) is 0 Å². The van der Waals surface area contributed by atoms with Crippen LogP contribution < -0.4 is 20.0 Å². The summed E-state index contributed by atoms with van der Waals surface area (Å²) in [7, 11) is -0.560. The first-order chi connectivity index (χ1) is 16.7. The second-order valence-corrected chi connectivity index (χ2v) is 15.2. The summed E-state index contributed by atoms with van der Waals surface area (Å²) >= 11 is -0.899. The standard InChI is InChI=1S/C21H16P.C11H11.2FH.Zr/c1-3-11-19(12-4-1)22(20-13-5-2-6-14-20)21-15-17-9-7-8-10-18(17)16-21;1-8-6-7-9(2)11-5-3-4-10(8)11;;;/h1-16H;3-7H,1-2H3;2*1H;/q;;;;+2/p-2. The van der Waals surface area contributed by atoms with E-state index >= 15 is 0 Å². The van der Waals surface area contributed by atoms with Gasteiger partial charge in [-0.15, -0.1) is 0 Å². The quantitative estimate of drug-likeness (QED) is 0.320. The number of aryl methyl sites for hydroxylation is 2. The third-order valence-electron chi connectivity index (χ3n) is 7.03. The van der Waals surface area contributed by atoms with Gasteiger partial charge < -0.3 is 9.41 Å². The Morgan fingerprint density at radius 1 is 0.667 bits per heavy atom. The molecule has 4 aromatic carbocycles. The molecule has 0 fully saturated rings. The van der Waals surface area contributed by atoms with E-state index in [0.29, 0.717) is 7.25 Å². The molecule has 0 amide bonds. The van der Waals surface area contributed by atoms with Gasteiger partial charge >= 0.3 is 217 Å². The van der Waals surface area contributed by atoms with Crippen LogP contribution in [0.15, 0.2) is 108 Å². The molecular formula is C32H27F2PZr. The summed E-state index contributed by atoms with van der Waals surface area (Å²) in [5.74, 6) is 0. The second-order valence-electron chi connectivity index (χ2n) is 9.17. The van der Waals surface area contributed by atoms with Crippen LogP contribution in [0.25, 0.3) is 12.2 Å². The molecular weight excluding hydrogens is 545 g/mol. The van der Waals surface area contributed by atoms with Crippen LogP contribution in [0.1, 0.15) is 40.6 Å². The summed E-state index contributed by atoms with van der Waals surface area (Å²) in [5.41, 5.74) is 8.97. The molecule has 2 atom stereocenters. The van der Waals surface area contributed by atoms with E-state index in [-0.39, 0.29) is 9.41 Å². The first-order valence-corrected chi connectivity index (χ1v) is 16.1. The zero-order chi connectivity index (χ0) is 23.1. The molecule has 0 aliphatic heterocycles. The van der Waals surface area contributed by atoms with E-state index in [4.69, 9.17) is 0 Å². The molecule has 2 aliphatic carbocycles. The predicted octanol–water partition coefficient (Wildman–Crippen LogP) is 1.69. The molecule has 0 bridgehead atoms. The van der Waals surface area contributed by atoms with Gasteiger partial charge in [0.1, 0.15) is 0 Å². The summed E-state index contributed by atoms with van der Waals surface area (Å²) in [4.78, 5) is 0. The fourth-order valence-electron chi connectivity index (χ4n) is 5.37. The van der Waals surface area contributed by atoms with Gasteiger partial charge in [-0.3, -0.25) is 0 Å². The van der Waals surface area contributed by atoms with E-state index < -0.39 is 31.2 Å². The van der Waals surface area contributed by atoms with Crippen molar-refractivity contribution in [2.45, 2.75) is 21.1 Å². The number of halogens is 2. The average molecular weight is 572 g/mol. The SMILES string of the molecule is Cc1ccc(C)c2c1C=C[CH]2[Zr+2][CH]1C(P(c2ccccc2)c2ccccc2)=Cc2ccccc21.[F-].[F-]. The van der Waals surface area contributed by atoms with Crippen molar-refractivity contribution in [1.29, 1.82) is 0 Å². The maximum atomic E-state index is 2.55. The Morgan fingerprint density at radius 3 is 1.92 bits per heavy atom. The van der Waals surface area contributed by atoms with Crippen LogP contribution in [0.4, 0.5) is 0 Å². The van der Waals surface area contributed by atoms with Crippen molar-refractivity contribution >= 4 is 30.7 Å². The zero-order valence-electron chi connectivity index (χ0n) is 20.3. The summed E-state index contributed by atoms with van der Waals surface area (Å²) in [5, 5.41) is 4.58. The molecule has 36 heavy (non-hydrogen) atoms. The number of benzene rings is 4. The number of hydrogen-bond donors (Lipinski definition) is 0. The van der Waals surface area contributed by atoms with E-state index in [1.807, 2.05) is 0 Å². The fourth-order valence-corrected chi connectivity index (χ4v) is 13.7. The molecule has 2 unspecified atom stereocenters. The van der Waals surface area contributed by atoms with Gasteiger partial charge in [0.05, 0.1) is 0 Å². The molecule has 4 aromatic rings. The van der Waals surface area contributed by atoms with Crippen LogP contribution in [-0.4, -0.2) is 0 Å². The van der Waals surface area contributed by atoms with Crippen LogP contribution >= 0.6 is 7.92 Å². The fraction of sp³-hybridized carbons (Fsp3) is 0.125. The van der Waals surface area contributed by atoms with E-state index in [2.05, 4.69) is 129 Å². The first kappa shape index (κ1) is 26.6. The van der Waals surface area contributed by atoms with Gasteiger partial charge in [0.2, 0.25) is 0 Å². The van der Waals surface area contributed by atoms with Crippen LogP contribution in [-0.2, 0) is 23.2 Å². The maximum Gasteiger partial charge on any atom is -1.00 e. The van der Waals surface area contributed by atoms with Crippen molar-refractivity contribution in [1.82, 2.24) is 0 Å². The molecule has 0 radical (unpaired) electrons. The normalized spacial score (nSPS) is 16.9. The first-order valence-electron chi connectivity index (χ1n) is 12.0. The average Bonchev–Trinajstić information content (AvgIpc) is 3.46. The van der Waals surface area contributed by atoms with Crippen LogP contribution in [0.3, 0.4) is 0 Å². The number of fused-ring (bicyclic) bond motifs is 2. The van der Waals surface area contributed by atoms with Crippen molar-refractivity contribution in [3.05, 3.63) is 142 Å².